The van der Waals surface area contributed by atoms with Gasteiger partial charge < -0.3 is 4.42 Å². The van der Waals surface area contributed by atoms with Crippen LogP contribution >= 0.6 is 11.6 Å². The SMILES string of the molecule is CCc1cc(-c2ccc(Cl)cc2)co1. The van der Waals surface area contributed by atoms with Gasteiger partial charge in [-0.1, -0.05) is 30.7 Å². The van der Waals surface area contributed by atoms with E-state index in [1.165, 1.54) is 0 Å². The lowest BCUT2D eigenvalue weighted by Crippen LogP contribution is -1.73. The molecule has 1 aromatic heterocycles. The van der Waals surface area contributed by atoms with Crippen LogP contribution in [0.4, 0.5) is 0 Å². The summed E-state index contributed by atoms with van der Waals surface area (Å²) in [6.07, 6.45) is 2.70. The summed E-state index contributed by atoms with van der Waals surface area (Å²) in [4.78, 5) is 0. The number of hydrogen-bond acceptors (Lipinski definition) is 1. The summed E-state index contributed by atoms with van der Waals surface area (Å²) in [5.74, 6) is 1.01. The van der Waals surface area contributed by atoms with Gasteiger partial charge in [-0.15, -0.1) is 0 Å². The van der Waals surface area contributed by atoms with Gasteiger partial charge in [0.05, 0.1) is 6.26 Å². The highest BCUT2D eigenvalue weighted by Gasteiger charge is 2.02. The van der Waals surface area contributed by atoms with Crippen molar-refractivity contribution in [1.82, 2.24) is 0 Å². The second-order valence-corrected chi connectivity index (χ2v) is 3.60. The zero-order valence-corrected chi connectivity index (χ0v) is 8.71. The third-order valence-corrected chi connectivity index (χ3v) is 2.43. The highest BCUT2D eigenvalue weighted by molar-refractivity contribution is 6.30. The molecule has 14 heavy (non-hydrogen) atoms. The molecule has 0 saturated heterocycles. The summed E-state index contributed by atoms with van der Waals surface area (Å²) in [5, 5.41) is 0.757. The van der Waals surface area contributed by atoms with Crippen LogP contribution in [-0.2, 0) is 6.42 Å². The van der Waals surface area contributed by atoms with Crippen molar-refractivity contribution in [2.24, 2.45) is 0 Å². The normalized spacial score (nSPS) is 10.4. The maximum atomic E-state index is 5.81. The largest absolute Gasteiger partial charge is 0.469 e. The van der Waals surface area contributed by atoms with E-state index in [1.807, 2.05) is 24.3 Å². The fourth-order valence-electron chi connectivity index (χ4n) is 1.36. The Balaban J connectivity index is 2.34. The molecule has 0 atom stereocenters. The van der Waals surface area contributed by atoms with E-state index < -0.39 is 0 Å². The molecule has 0 unspecified atom stereocenters. The van der Waals surface area contributed by atoms with Crippen molar-refractivity contribution < 1.29 is 4.42 Å². The number of rotatable bonds is 2. The van der Waals surface area contributed by atoms with Gasteiger partial charge in [-0.3, -0.25) is 0 Å². The van der Waals surface area contributed by atoms with E-state index in [1.54, 1.807) is 6.26 Å². The maximum Gasteiger partial charge on any atom is 0.104 e. The maximum absolute atomic E-state index is 5.81. The number of halogens is 1. The van der Waals surface area contributed by atoms with Crippen LogP contribution < -0.4 is 0 Å². The Morgan fingerprint density at radius 2 is 1.86 bits per heavy atom. The van der Waals surface area contributed by atoms with Gasteiger partial charge in [-0.25, -0.2) is 0 Å². The van der Waals surface area contributed by atoms with Gasteiger partial charge in [0.2, 0.25) is 0 Å². The minimum Gasteiger partial charge on any atom is -0.469 e. The van der Waals surface area contributed by atoms with Crippen LogP contribution in [0.2, 0.25) is 5.02 Å². The smallest absolute Gasteiger partial charge is 0.104 e. The first-order chi connectivity index (χ1) is 6.79. The summed E-state index contributed by atoms with van der Waals surface area (Å²) >= 11 is 5.81. The summed E-state index contributed by atoms with van der Waals surface area (Å²) in [6.45, 7) is 2.07. The zero-order chi connectivity index (χ0) is 9.97. The molecule has 0 amide bonds. The van der Waals surface area contributed by atoms with E-state index in [2.05, 4.69) is 13.0 Å². The average molecular weight is 207 g/mol. The lowest BCUT2D eigenvalue weighted by molar-refractivity contribution is 0.516. The number of hydrogen-bond donors (Lipinski definition) is 0. The van der Waals surface area contributed by atoms with Gasteiger partial charge in [0.25, 0.3) is 0 Å². The Kier molecular flexibility index (Phi) is 2.60. The molecule has 0 aliphatic rings. The third-order valence-electron chi connectivity index (χ3n) is 2.18. The second kappa shape index (κ2) is 3.89. The van der Waals surface area contributed by atoms with E-state index in [0.717, 1.165) is 28.3 Å². The Morgan fingerprint density at radius 3 is 2.43 bits per heavy atom. The first kappa shape index (κ1) is 9.35. The molecular formula is C12H11ClO. The number of aryl methyl sites for hydroxylation is 1. The Bertz CT molecular complexity index is 414. The zero-order valence-electron chi connectivity index (χ0n) is 7.96. The third kappa shape index (κ3) is 1.83. The Hall–Kier alpha value is -1.21. The molecule has 0 N–H and O–H groups in total. The predicted molar refractivity (Wildman–Crippen MR) is 58.5 cm³/mol. The monoisotopic (exact) mass is 206 g/mol. The summed E-state index contributed by atoms with van der Waals surface area (Å²) in [7, 11) is 0. The van der Waals surface area contributed by atoms with Crippen molar-refractivity contribution >= 4 is 11.6 Å². The lowest BCUT2D eigenvalue weighted by atomic mass is 10.1. The van der Waals surface area contributed by atoms with E-state index >= 15 is 0 Å². The predicted octanol–water partition coefficient (Wildman–Crippen LogP) is 4.16. The highest BCUT2D eigenvalue weighted by Crippen LogP contribution is 2.23. The van der Waals surface area contributed by atoms with Gasteiger partial charge in [0.15, 0.2) is 0 Å². The molecule has 72 valence electrons. The van der Waals surface area contributed by atoms with Gasteiger partial charge >= 0.3 is 0 Å². The van der Waals surface area contributed by atoms with Crippen LogP contribution in [0, 0.1) is 0 Å². The second-order valence-electron chi connectivity index (χ2n) is 3.16. The molecule has 0 radical (unpaired) electrons. The van der Waals surface area contributed by atoms with Crippen molar-refractivity contribution in [2.45, 2.75) is 13.3 Å². The van der Waals surface area contributed by atoms with Gasteiger partial charge in [0.1, 0.15) is 5.76 Å². The van der Waals surface area contributed by atoms with Crippen molar-refractivity contribution in [1.29, 1.82) is 0 Å². The fourth-order valence-corrected chi connectivity index (χ4v) is 1.49. The molecule has 0 aliphatic heterocycles. The summed E-state index contributed by atoms with van der Waals surface area (Å²) in [5.41, 5.74) is 2.25. The summed E-state index contributed by atoms with van der Waals surface area (Å²) < 4.78 is 5.37. The standard InChI is InChI=1S/C12H11ClO/c1-2-12-7-10(8-14-12)9-3-5-11(13)6-4-9/h3-8H,2H2,1H3. The van der Waals surface area contributed by atoms with Crippen LogP contribution in [0.3, 0.4) is 0 Å². The first-order valence-corrected chi connectivity index (χ1v) is 5.00. The van der Waals surface area contributed by atoms with Crippen molar-refractivity contribution in [3.63, 3.8) is 0 Å². The molecule has 0 saturated carbocycles. The number of furan rings is 1. The molecule has 1 nitrogen and oxygen atoms in total. The highest BCUT2D eigenvalue weighted by atomic mass is 35.5. The molecule has 0 fully saturated rings. The van der Waals surface area contributed by atoms with Crippen molar-refractivity contribution in [3.8, 4) is 11.1 Å². The molecule has 0 aliphatic carbocycles. The molecule has 2 rings (SSSR count). The van der Waals surface area contributed by atoms with E-state index in [9.17, 15) is 0 Å². The minimum absolute atomic E-state index is 0.757. The molecule has 0 bridgehead atoms. The van der Waals surface area contributed by atoms with E-state index in [0.29, 0.717) is 0 Å². The van der Waals surface area contributed by atoms with Crippen molar-refractivity contribution in [2.75, 3.05) is 0 Å². The van der Waals surface area contributed by atoms with E-state index in [4.69, 9.17) is 16.0 Å². The molecular weight excluding hydrogens is 196 g/mol. The first-order valence-electron chi connectivity index (χ1n) is 4.63. The van der Waals surface area contributed by atoms with Crippen LogP contribution in [0.5, 0.6) is 0 Å². The lowest BCUT2D eigenvalue weighted by Gasteiger charge is -1.95. The Morgan fingerprint density at radius 1 is 1.14 bits per heavy atom. The van der Waals surface area contributed by atoms with Crippen LogP contribution in [0.25, 0.3) is 11.1 Å². The van der Waals surface area contributed by atoms with Gasteiger partial charge in [-0.2, -0.15) is 0 Å². The minimum atomic E-state index is 0.757. The quantitative estimate of drug-likeness (QED) is 0.719. The molecule has 0 spiro atoms. The molecule has 2 heteroatoms. The van der Waals surface area contributed by atoms with Crippen LogP contribution in [0.15, 0.2) is 41.0 Å². The van der Waals surface area contributed by atoms with E-state index in [-0.39, 0.29) is 0 Å². The van der Waals surface area contributed by atoms with Gasteiger partial charge in [0, 0.05) is 17.0 Å². The summed E-state index contributed by atoms with van der Waals surface area (Å²) in [6, 6.07) is 9.81. The van der Waals surface area contributed by atoms with Crippen LogP contribution in [0.1, 0.15) is 12.7 Å². The van der Waals surface area contributed by atoms with Gasteiger partial charge in [-0.05, 0) is 23.8 Å². The number of benzene rings is 1. The Labute approximate surface area is 88.3 Å². The van der Waals surface area contributed by atoms with Crippen LogP contribution in [-0.4, -0.2) is 0 Å². The fraction of sp³-hybridized carbons (Fsp3) is 0.167. The van der Waals surface area contributed by atoms with Crippen molar-refractivity contribution in [3.05, 3.63) is 47.4 Å². The molecule has 1 heterocycles. The topological polar surface area (TPSA) is 13.1 Å². The molecule has 2 aromatic rings. The molecule has 1 aromatic carbocycles. The average Bonchev–Trinajstić information content (AvgIpc) is 2.67.